The van der Waals surface area contributed by atoms with Crippen LogP contribution >= 0.6 is 27.7 Å². The highest BCUT2D eigenvalue weighted by Gasteiger charge is 2.09. The van der Waals surface area contributed by atoms with Gasteiger partial charge in [-0.2, -0.15) is 0 Å². The molecule has 0 fully saturated rings. The number of aryl methyl sites for hydroxylation is 1. The van der Waals surface area contributed by atoms with E-state index in [1.54, 1.807) is 11.8 Å². The van der Waals surface area contributed by atoms with E-state index in [4.69, 9.17) is 4.74 Å². The molecule has 0 saturated heterocycles. The summed E-state index contributed by atoms with van der Waals surface area (Å²) in [6.45, 7) is 4.43. The van der Waals surface area contributed by atoms with Crippen LogP contribution in [0.15, 0.2) is 53.0 Å². The highest BCUT2D eigenvalue weighted by atomic mass is 79.9. The summed E-state index contributed by atoms with van der Waals surface area (Å²) in [5, 5.41) is 2.97. The maximum atomic E-state index is 12.0. The lowest BCUT2D eigenvalue weighted by Gasteiger charge is -2.16. The number of amides is 1. The van der Waals surface area contributed by atoms with Crippen LogP contribution in [0, 0.1) is 6.92 Å². The Kier molecular flexibility index (Phi) is 7.66. The molecule has 1 amide bonds. The SMILES string of the molecule is Cc1ccccc1OC[C@H](C)NC(=O)CSCc1ccc(Br)cc1. The number of ether oxygens (including phenoxy) is 1. The second-order valence-electron chi connectivity index (χ2n) is 5.66. The third-order valence-corrected chi connectivity index (χ3v) is 4.94. The van der Waals surface area contributed by atoms with E-state index >= 15 is 0 Å². The van der Waals surface area contributed by atoms with Crippen LogP contribution in [-0.2, 0) is 10.5 Å². The molecule has 0 bridgehead atoms. The van der Waals surface area contributed by atoms with E-state index in [1.165, 1.54) is 5.56 Å². The summed E-state index contributed by atoms with van der Waals surface area (Å²) < 4.78 is 6.82. The zero-order valence-corrected chi connectivity index (χ0v) is 16.3. The zero-order valence-electron chi connectivity index (χ0n) is 13.9. The predicted octanol–water partition coefficient (Wildman–Crippen LogP) is 4.57. The maximum absolute atomic E-state index is 12.0. The number of thioether (sulfide) groups is 1. The number of benzene rings is 2. The van der Waals surface area contributed by atoms with Gasteiger partial charge >= 0.3 is 0 Å². The molecule has 0 aliphatic carbocycles. The first kappa shape index (κ1) is 18.9. The number of rotatable bonds is 8. The van der Waals surface area contributed by atoms with Gasteiger partial charge < -0.3 is 10.1 Å². The van der Waals surface area contributed by atoms with Gasteiger partial charge in [-0.15, -0.1) is 11.8 Å². The number of carbonyl (C=O) groups is 1. The second-order valence-corrected chi connectivity index (χ2v) is 7.57. The standard InChI is InChI=1S/C19H22BrNO2S/c1-14-5-3-4-6-18(14)23-11-15(2)21-19(22)13-24-12-16-7-9-17(20)10-8-16/h3-10,15H,11-13H2,1-2H3,(H,21,22)/t15-/m0/s1. The van der Waals surface area contributed by atoms with Gasteiger partial charge in [-0.25, -0.2) is 0 Å². The van der Waals surface area contributed by atoms with Gasteiger partial charge in [0.15, 0.2) is 0 Å². The average molecular weight is 408 g/mol. The number of hydrogen-bond acceptors (Lipinski definition) is 3. The molecule has 0 heterocycles. The number of nitrogens with one attached hydrogen (secondary N) is 1. The molecule has 24 heavy (non-hydrogen) atoms. The van der Waals surface area contributed by atoms with Gasteiger partial charge in [-0.3, -0.25) is 4.79 Å². The summed E-state index contributed by atoms with van der Waals surface area (Å²) in [5.74, 6) is 2.18. The maximum Gasteiger partial charge on any atom is 0.230 e. The van der Waals surface area contributed by atoms with Crippen molar-refractivity contribution < 1.29 is 9.53 Å². The molecule has 0 aromatic heterocycles. The summed E-state index contributed by atoms with van der Waals surface area (Å²) in [7, 11) is 0. The van der Waals surface area contributed by atoms with Crippen molar-refractivity contribution in [3.8, 4) is 5.75 Å². The van der Waals surface area contributed by atoms with Crippen LogP contribution < -0.4 is 10.1 Å². The van der Waals surface area contributed by atoms with E-state index < -0.39 is 0 Å². The van der Waals surface area contributed by atoms with Gasteiger partial charge in [0.2, 0.25) is 5.91 Å². The molecule has 0 saturated carbocycles. The molecule has 3 nitrogen and oxygen atoms in total. The van der Waals surface area contributed by atoms with Crippen molar-refractivity contribution in [1.29, 1.82) is 0 Å². The second kappa shape index (κ2) is 9.74. The first-order valence-corrected chi connectivity index (χ1v) is 9.79. The third-order valence-electron chi connectivity index (χ3n) is 3.40. The lowest BCUT2D eigenvalue weighted by atomic mass is 10.2. The van der Waals surface area contributed by atoms with Crippen molar-refractivity contribution in [2.24, 2.45) is 0 Å². The monoisotopic (exact) mass is 407 g/mol. The largest absolute Gasteiger partial charge is 0.491 e. The summed E-state index contributed by atoms with van der Waals surface area (Å²) in [4.78, 5) is 12.0. The number of halogens is 1. The fourth-order valence-corrected chi connectivity index (χ4v) is 3.20. The van der Waals surface area contributed by atoms with Gasteiger partial charge in [0.05, 0.1) is 11.8 Å². The van der Waals surface area contributed by atoms with Crippen LogP contribution in [0.3, 0.4) is 0 Å². The van der Waals surface area contributed by atoms with Crippen molar-refractivity contribution in [3.63, 3.8) is 0 Å². The van der Waals surface area contributed by atoms with E-state index in [-0.39, 0.29) is 11.9 Å². The van der Waals surface area contributed by atoms with E-state index in [9.17, 15) is 4.79 Å². The summed E-state index contributed by atoms with van der Waals surface area (Å²) in [6, 6.07) is 16.0. The van der Waals surface area contributed by atoms with Gasteiger partial charge in [0.1, 0.15) is 12.4 Å². The van der Waals surface area contributed by atoms with E-state index in [1.807, 2.05) is 50.2 Å². The van der Waals surface area contributed by atoms with E-state index in [0.29, 0.717) is 12.4 Å². The fourth-order valence-electron chi connectivity index (χ4n) is 2.13. The average Bonchev–Trinajstić information content (AvgIpc) is 2.56. The molecule has 0 unspecified atom stereocenters. The molecular weight excluding hydrogens is 386 g/mol. The number of hydrogen-bond donors (Lipinski definition) is 1. The molecule has 1 N–H and O–H groups in total. The quantitative estimate of drug-likeness (QED) is 0.695. The Bertz CT molecular complexity index is 661. The van der Waals surface area contributed by atoms with E-state index in [0.717, 1.165) is 21.5 Å². The Morgan fingerprint density at radius 1 is 1.21 bits per heavy atom. The smallest absolute Gasteiger partial charge is 0.230 e. The summed E-state index contributed by atoms with van der Waals surface area (Å²) >= 11 is 5.03. The molecule has 2 aromatic rings. The van der Waals surface area contributed by atoms with Crippen molar-refractivity contribution in [1.82, 2.24) is 5.32 Å². The van der Waals surface area contributed by atoms with Crippen molar-refractivity contribution in [2.75, 3.05) is 12.4 Å². The summed E-state index contributed by atoms with van der Waals surface area (Å²) in [6.07, 6.45) is 0. The van der Waals surface area contributed by atoms with Crippen LogP contribution in [0.25, 0.3) is 0 Å². The van der Waals surface area contributed by atoms with Crippen molar-refractivity contribution in [3.05, 3.63) is 64.1 Å². The normalized spacial score (nSPS) is 11.8. The molecule has 0 spiro atoms. The molecule has 5 heteroatoms. The Hall–Kier alpha value is -1.46. The zero-order chi connectivity index (χ0) is 17.4. The van der Waals surface area contributed by atoms with Crippen LogP contribution in [0.4, 0.5) is 0 Å². The highest BCUT2D eigenvalue weighted by molar-refractivity contribution is 9.10. The Balaban J connectivity index is 1.66. The number of carbonyl (C=O) groups excluding carboxylic acids is 1. The molecule has 0 aliphatic rings. The molecule has 128 valence electrons. The molecule has 1 atom stereocenters. The van der Waals surface area contributed by atoms with Gasteiger partial charge in [0.25, 0.3) is 0 Å². The Labute approximate surface area is 156 Å². The highest BCUT2D eigenvalue weighted by Crippen LogP contribution is 2.17. The Morgan fingerprint density at radius 2 is 1.92 bits per heavy atom. The lowest BCUT2D eigenvalue weighted by molar-refractivity contribution is -0.119. The van der Waals surface area contributed by atoms with Crippen LogP contribution in [0.2, 0.25) is 0 Å². The molecule has 2 aromatic carbocycles. The number of para-hydroxylation sites is 1. The van der Waals surface area contributed by atoms with Crippen molar-refractivity contribution in [2.45, 2.75) is 25.6 Å². The molecule has 0 radical (unpaired) electrons. The van der Waals surface area contributed by atoms with E-state index in [2.05, 4.69) is 33.4 Å². The first-order valence-electron chi connectivity index (χ1n) is 7.84. The minimum atomic E-state index is -0.0228. The van der Waals surface area contributed by atoms with Crippen LogP contribution in [-0.4, -0.2) is 24.3 Å². The topological polar surface area (TPSA) is 38.3 Å². The van der Waals surface area contributed by atoms with Gasteiger partial charge in [0, 0.05) is 10.2 Å². The molecule has 0 aliphatic heterocycles. The molecule has 2 rings (SSSR count). The van der Waals surface area contributed by atoms with Crippen LogP contribution in [0.5, 0.6) is 5.75 Å². The fraction of sp³-hybridized carbons (Fsp3) is 0.316. The summed E-state index contributed by atoms with van der Waals surface area (Å²) in [5.41, 5.74) is 2.31. The van der Waals surface area contributed by atoms with Crippen LogP contribution in [0.1, 0.15) is 18.1 Å². The minimum Gasteiger partial charge on any atom is -0.491 e. The Morgan fingerprint density at radius 3 is 2.62 bits per heavy atom. The van der Waals surface area contributed by atoms with Gasteiger partial charge in [-0.1, -0.05) is 46.3 Å². The third kappa shape index (κ3) is 6.57. The molecular formula is C19H22BrNO2S. The lowest BCUT2D eigenvalue weighted by Crippen LogP contribution is -2.37. The van der Waals surface area contributed by atoms with Crippen molar-refractivity contribution >= 4 is 33.6 Å². The minimum absolute atomic E-state index is 0.0228. The van der Waals surface area contributed by atoms with Gasteiger partial charge in [-0.05, 0) is 43.2 Å². The predicted molar refractivity (Wildman–Crippen MR) is 105 cm³/mol. The first-order chi connectivity index (χ1) is 11.5.